The van der Waals surface area contributed by atoms with Gasteiger partial charge in [0.05, 0.1) is 32.1 Å². The second-order valence-corrected chi connectivity index (χ2v) is 10.2. The number of hydroxylamine groups is 1. The molecular weight excluding hydrogens is 506 g/mol. The van der Waals surface area contributed by atoms with Crippen molar-refractivity contribution in [2.24, 2.45) is 5.92 Å². The number of hydrogen-bond acceptors (Lipinski definition) is 7. The molecule has 1 aliphatic heterocycles. The number of amides is 1. The lowest BCUT2D eigenvalue weighted by Crippen LogP contribution is -2.41. The number of rotatable bonds is 9. The molecule has 0 unspecified atom stereocenters. The third-order valence-electron chi connectivity index (χ3n) is 7.44. The van der Waals surface area contributed by atoms with Gasteiger partial charge in [-0.3, -0.25) is 23.9 Å². The van der Waals surface area contributed by atoms with Crippen molar-refractivity contribution >= 4 is 22.5 Å². The average molecular weight is 542 g/mol. The van der Waals surface area contributed by atoms with Crippen molar-refractivity contribution in [3.05, 3.63) is 100 Å². The molecule has 1 saturated heterocycles. The minimum Gasteiger partial charge on any atom is -0.379 e. The second-order valence-electron chi connectivity index (χ2n) is 10.2. The molecule has 1 amide bonds. The van der Waals surface area contributed by atoms with Gasteiger partial charge in [0.2, 0.25) is 0 Å². The SMILES string of the molecule is CONC(=O)c1ccc(C)c(-n2ccnc(N[C@@H](c3cccc4ccccc34)[C@H](C)CN3CCOCC3)c2=O)c1. The van der Waals surface area contributed by atoms with Crippen LogP contribution in [-0.4, -0.2) is 60.3 Å². The number of morpholine rings is 1. The molecule has 5 rings (SSSR count). The second kappa shape index (κ2) is 12.4. The first-order valence-electron chi connectivity index (χ1n) is 13.5. The van der Waals surface area contributed by atoms with Gasteiger partial charge < -0.3 is 10.1 Å². The standard InChI is InChI=1S/C31H35N5O4/c1-21-11-12-24(30(37)34-39-3)19-27(21)36-14-13-32-29(31(36)38)33-28(22(2)20-35-15-17-40-18-16-35)26-10-6-8-23-7-4-5-9-25(23)26/h4-14,19,22,28H,15-18,20H2,1-3H3,(H,32,33)(H,34,37)/t22-,28-/m1/s1. The van der Waals surface area contributed by atoms with Crippen LogP contribution in [0.3, 0.4) is 0 Å². The van der Waals surface area contributed by atoms with Gasteiger partial charge in [-0.1, -0.05) is 55.5 Å². The van der Waals surface area contributed by atoms with E-state index in [0.717, 1.165) is 54.7 Å². The normalized spacial score (nSPS) is 15.5. The molecule has 2 atom stereocenters. The molecule has 0 spiro atoms. The number of benzene rings is 3. The van der Waals surface area contributed by atoms with Crippen molar-refractivity contribution in [2.75, 3.05) is 45.3 Å². The molecular formula is C31H35N5O4. The number of anilines is 1. The third-order valence-corrected chi connectivity index (χ3v) is 7.44. The monoisotopic (exact) mass is 541 g/mol. The van der Waals surface area contributed by atoms with Crippen molar-refractivity contribution < 1.29 is 14.4 Å². The lowest BCUT2D eigenvalue weighted by molar-refractivity contribution is 0.0305. The lowest BCUT2D eigenvalue weighted by atomic mass is 9.90. The van der Waals surface area contributed by atoms with Crippen LogP contribution in [0.25, 0.3) is 16.5 Å². The fourth-order valence-electron chi connectivity index (χ4n) is 5.35. The van der Waals surface area contributed by atoms with Crippen LogP contribution in [0.2, 0.25) is 0 Å². The molecule has 0 radical (unpaired) electrons. The van der Waals surface area contributed by atoms with E-state index >= 15 is 0 Å². The number of hydrogen-bond donors (Lipinski definition) is 2. The van der Waals surface area contributed by atoms with Gasteiger partial charge in [-0.25, -0.2) is 10.5 Å². The largest absolute Gasteiger partial charge is 0.379 e. The summed E-state index contributed by atoms with van der Waals surface area (Å²) in [6.45, 7) is 8.18. The van der Waals surface area contributed by atoms with Gasteiger partial charge in [-0.15, -0.1) is 0 Å². The zero-order valence-corrected chi connectivity index (χ0v) is 23.1. The summed E-state index contributed by atoms with van der Waals surface area (Å²) in [6, 6.07) is 19.6. The Kier molecular flexibility index (Phi) is 8.54. The average Bonchev–Trinajstić information content (AvgIpc) is 2.97. The number of carbonyl (C=O) groups is 1. The van der Waals surface area contributed by atoms with E-state index in [4.69, 9.17) is 9.57 Å². The molecule has 9 heteroatoms. The summed E-state index contributed by atoms with van der Waals surface area (Å²) >= 11 is 0. The molecule has 1 fully saturated rings. The molecule has 2 N–H and O–H groups in total. The molecule has 208 valence electrons. The number of aromatic nitrogens is 2. The Bertz CT molecular complexity index is 1540. The highest BCUT2D eigenvalue weighted by Crippen LogP contribution is 2.32. The highest BCUT2D eigenvalue weighted by molar-refractivity contribution is 5.94. The van der Waals surface area contributed by atoms with E-state index in [1.807, 2.05) is 25.1 Å². The van der Waals surface area contributed by atoms with Gasteiger partial charge in [0, 0.05) is 37.6 Å². The Hall–Kier alpha value is -4.05. The summed E-state index contributed by atoms with van der Waals surface area (Å²) < 4.78 is 7.08. The van der Waals surface area contributed by atoms with Crippen LogP contribution in [0, 0.1) is 12.8 Å². The highest BCUT2D eigenvalue weighted by Gasteiger charge is 2.26. The van der Waals surface area contributed by atoms with Gasteiger partial charge in [0.25, 0.3) is 11.5 Å². The van der Waals surface area contributed by atoms with Crippen molar-refractivity contribution in [2.45, 2.75) is 19.9 Å². The maximum atomic E-state index is 13.9. The van der Waals surface area contributed by atoms with Gasteiger partial charge in [0.1, 0.15) is 0 Å². The Morgan fingerprint density at radius 1 is 1.10 bits per heavy atom. The summed E-state index contributed by atoms with van der Waals surface area (Å²) in [4.78, 5) is 37.9. The van der Waals surface area contributed by atoms with E-state index in [1.54, 1.807) is 24.5 Å². The Morgan fingerprint density at radius 2 is 1.88 bits per heavy atom. The van der Waals surface area contributed by atoms with Gasteiger partial charge >= 0.3 is 0 Å². The maximum Gasteiger partial charge on any atom is 0.297 e. The maximum absolute atomic E-state index is 13.9. The molecule has 3 aromatic carbocycles. The molecule has 0 saturated carbocycles. The molecule has 2 heterocycles. The van der Waals surface area contributed by atoms with Crippen molar-refractivity contribution in [1.82, 2.24) is 19.9 Å². The Balaban J connectivity index is 1.53. The third kappa shape index (κ3) is 5.91. The first-order chi connectivity index (χ1) is 19.5. The number of aryl methyl sites for hydroxylation is 1. The van der Waals surface area contributed by atoms with Crippen LogP contribution >= 0.6 is 0 Å². The van der Waals surface area contributed by atoms with Gasteiger partial charge in [-0.2, -0.15) is 0 Å². The van der Waals surface area contributed by atoms with E-state index in [-0.39, 0.29) is 23.3 Å². The number of fused-ring (bicyclic) bond motifs is 1. The topological polar surface area (TPSA) is 97.7 Å². The fraction of sp³-hybridized carbons (Fsp3) is 0.323. The molecule has 1 aliphatic rings. The van der Waals surface area contributed by atoms with Gasteiger partial charge in [-0.05, 0) is 46.9 Å². The van der Waals surface area contributed by atoms with Crippen LogP contribution < -0.4 is 16.4 Å². The van der Waals surface area contributed by atoms with Crippen molar-refractivity contribution in [1.29, 1.82) is 0 Å². The summed E-state index contributed by atoms with van der Waals surface area (Å²) in [5.74, 6) is 0.0131. The number of nitrogens with one attached hydrogen (secondary N) is 2. The van der Waals surface area contributed by atoms with Crippen LogP contribution in [0.5, 0.6) is 0 Å². The summed E-state index contributed by atoms with van der Waals surface area (Å²) in [5.41, 5.74) is 4.98. The minimum absolute atomic E-state index is 0.154. The number of carbonyl (C=O) groups excluding carboxylic acids is 1. The number of ether oxygens (including phenoxy) is 1. The zero-order valence-electron chi connectivity index (χ0n) is 23.1. The molecule has 0 bridgehead atoms. The van der Waals surface area contributed by atoms with Crippen LogP contribution in [0.15, 0.2) is 77.9 Å². The Labute approximate surface area is 233 Å². The van der Waals surface area contributed by atoms with Crippen molar-refractivity contribution in [3.8, 4) is 5.69 Å². The smallest absolute Gasteiger partial charge is 0.297 e. The summed E-state index contributed by atoms with van der Waals surface area (Å²) in [5, 5.41) is 5.81. The zero-order chi connectivity index (χ0) is 28.1. The van der Waals surface area contributed by atoms with Crippen LogP contribution in [0.1, 0.15) is 34.5 Å². The predicted octanol–water partition coefficient (Wildman–Crippen LogP) is 4.11. The van der Waals surface area contributed by atoms with Crippen LogP contribution in [-0.2, 0) is 9.57 Å². The van der Waals surface area contributed by atoms with E-state index in [1.165, 1.54) is 11.7 Å². The molecule has 1 aromatic heterocycles. The molecule has 9 nitrogen and oxygen atoms in total. The first kappa shape index (κ1) is 27.5. The van der Waals surface area contributed by atoms with E-state index in [0.29, 0.717) is 11.3 Å². The predicted molar refractivity (Wildman–Crippen MR) is 156 cm³/mol. The minimum atomic E-state index is -0.392. The van der Waals surface area contributed by atoms with E-state index in [9.17, 15) is 9.59 Å². The summed E-state index contributed by atoms with van der Waals surface area (Å²) in [6.07, 6.45) is 3.23. The highest BCUT2D eigenvalue weighted by atomic mass is 16.6. The molecule has 4 aromatic rings. The number of nitrogens with zero attached hydrogens (tertiary/aromatic N) is 3. The quantitative estimate of drug-likeness (QED) is 0.308. The van der Waals surface area contributed by atoms with E-state index in [2.05, 4.69) is 57.9 Å². The summed E-state index contributed by atoms with van der Waals surface area (Å²) in [7, 11) is 1.38. The Morgan fingerprint density at radius 3 is 2.67 bits per heavy atom. The van der Waals surface area contributed by atoms with Crippen LogP contribution in [0.4, 0.5) is 5.82 Å². The van der Waals surface area contributed by atoms with Crippen molar-refractivity contribution in [3.63, 3.8) is 0 Å². The van der Waals surface area contributed by atoms with Gasteiger partial charge in [0.15, 0.2) is 5.82 Å². The van der Waals surface area contributed by atoms with E-state index < -0.39 is 5.91 Å². The first-order valence-corrected chi connectivity index (χ1v) is 13.5. The fourth-order valence-corrected chi connectivity index (χ4v) is 5.35. The molecule has 40 heavy (non-hydrogen) atoms. The molecule has 0 aliphatic carbocycles. The lowest BCUT2D eigenvalue weighted by Gasteiger charge is -2.33.